The van der Waals surface area contributed by atoms with Gasteiger partial charge >= 0.3 is 9.53 Å². The van der Waals surface area contributed by atoms with Crippen LogP contribution in [0.3, 0.4) is 0 Å². The molecule has 96 valence electrons. The fourth-order valence-corrected chi connectivity index (χ4v) is 3.79. The first-order valence-corrected chi connectivity index (χ1v) is 8.22. The molecular formula is C11H24O3SSi. The molecule has 0 aromatic carbocycles. The maximum atomic E-state index is 5.77. The molecule has 1 fully saturated rings. The second kappa shape index (κ2) is 8.52. The van der Waals surface area contributed by atoms with Gasteiger partial charge in [0.15, 0.2) is 0 Å². The van der Waals surface area contributed by atoms with Gasteiger partial charge in [0.05, 0.1) is 0 Å². The van der Waals surface area contributed by atoms with E-state index in [1.807, 2.05) is 13.8 Å². The van der Waals surface area contributed by atoms with E-state index in [9.17, 15) is 0 Å². The predicted molar refractivity (Wildman–Crippen MR) is 71.1 cm³/mol. The Kier molecular flexibility index (Phi) is 7.73. The SMILES string of the molecule is CCO[SiH](OCC)OCC1CCCC(S)C1. The first kappa shape index (κ1) is 14.5. The molecule has 0 aliphatic heterocycles. The Morgan fingerprint density at radius 3 is 2.38 bits per heavy atom. The second-order valence-corrected chi connectivity index (χ2v) is 6.53. The second-order valence-electron chi connectivity index (χ2n) is 4.22. The van der Waals surface area contributed by atoms with Crippen molar-refractivity contribution in [3.63, 3.8) is 0 Å². The lowest BCUT2D eigenvalue weighted by molar-refractivity contribution is 0.0810. The minimum atomic E-state index is -1.85. The summed E-state index contributed by atoms with van der Waals surface area (Å²) in [6.07, 6.45) is 4.95. The third kappa shape index (κ3) is 5.68. The zero-order valence-corrected chi connectivity index (χ0v) is 12.4. The van der Waals surface area contributed by atoms with Gasteiger partial charge in [-0.05, 0) is 39.0 Å². The lowest BCUT2D eigenvalue weighted by Gasteiger charge is -2.27. The zero-order chi connectivity index (χ0) is 11.8. The molecule has 2 unspecified atom stereocenters. The van der Waals surface area contributed by atoms with Crippen LogP contribution in [0.2, 0.25) is 0 Å². The summed E-state index contributed by atoms with van der Waals surface area (Å²) >= 11 is 4.54. The summed E-state index contributed by atoms with van der Waals surface area (Å²) in [7, 11) is -1.85. The lowest BCUT2D eigenvalue weighted by Crippen LogP contribution is -2.31. The molecule has 2 atom stereocenters. The number of thiol groups is 1. The van der Waals surface area contributed by atoms with Crippen molar-refractivity contribution in [2.75, 3.05) is 19.8 Å². The molecule has 0 radical (unpaired) electrons. The van der Waals surface area contributed by atoms with Crippen LogP contribution in [0.4, 0.5) is 0 Å². The maximum Gasteiger partial charge on any atom is 0.484 e. The van der Waals surface area contributed by atoms with Crippen molar-refractivity contribution in [2.24, 2.45) is 5.92 Å². The Morgan fingerprint density at radius 2 is 1.81 bits per heavy atom. The first-order chi connectivity index (χ1) is 7.76. The quantitative estimate of drug-likeness (QED) is 0.565. The third-order valence-corrected chi connectivity index (χ3v) is 4.97. The van der Waals surface area contributed by atoms with Crippen LogP contribution < -0.4 is 0 Å². The van der Waals surface area contributed by atoms with Crippen LogP contribution in [0.15, 0.2) is 0 Å². The minimum Gasteiger partial charge on any atom is -0.376 e. The van der Waals surface area contributed by atoms with E-state index in [0.29, 0.717) is 24.4 Å². The van der Waals surface area contributed by atoms with Crippen LogP contribution in [0.5, 0.6) is 0 Å². The molecule has 5 heteroatoms. The van der Waals surface area contributed by atoms with Crippen LogP contribution in [-0.2, 0) is 13.3 Å². The number of rotatable bonds is 7. The van der Waals surface area contributed by atoms with E-state index >= 15 is 0 Å². The molecule has 1 aliphatic carbocycles. The van der Waals surface area contributed by atoms with Gasteiger partial charge in [0.1, 0.15) is 0 Å². The van der Waals surface area contributed by atoms with Crippen LogP contribution in [0.1, 0.15) is 39.5 Å². The molecule has 1 aliphatic rings. The van der Waals surface area contributed by atoms with E-state index in [1.54, 1.807) is 0 Å². The molecule has 0 N–H and O–H groups in total. The summed E-state index contributed by atoms with van der Waals surface area (Å²) < 4.78 is 16.7. The van der Waals surface area contributed by atoms with Gasteiger partial charge < -0.3 is 13.3 Å². The lowest BCUT2D eigenvalue weighted by atomic mass is 9.90. The van der Waals surface area contributed by atoms with Crippen LogP contribution in [0, 0.1) is 5.92 Å². The summed E-state index contributed by atoms with van der Waals surface area (Å²) in [5.41, 5.74) is 0. The largest absolute Gasteiger partial charge is 0.484 e. The minimum absolute atomic E-state index is 0.557. The molecule has 0 amide bonds. The van der Waals surface area contributed by atoms with Gasteiger partial charge in [0.25, 0.3) is 0 Å². The maximum absolute atomic E-state index is 5.77. The highest BCUT2D eigenvalue weighted by molar-refractivity contribution is 7.80. The van der Waals surface area contributed by atoms with Gasteiger partial charge in [-0.2, -0.15) is 12.6 Å². The fourth-order valence-electron chi connectivity index (χ4n) is 2.05. The van der Waals surface area contributed by atoms with Crippen LogP contribution in [0.25, 0.3) is 0 Å². The molecule has 0 aromatic rings. The van der Waals surface area contributed by atoms with Crippen LogP contribution >= 0.6 is 12.6 Å². The molecular weight excluding hydrogens is 240 g/mol. The highest BCUT2D eigenvalue weighted by Crippen LogP contribution is 2.27. The van der Waals surface area contributed by atoms with Crippen molar-refractivity contribution >= 4 is 22.2 Å². The molecule has 0 spiro atoms. The first-order valence-electron chi connectivity index (χ1n) is 6.29. The molecule has 16 heavy (non-hydrogen) atoms. The van der Waals surface area contributed by atoms with Gasteiger partial charge in [-0.3, -0.25) is 0 Å². The van der Waals surface area contributed by atoms with Crippen molar-refractivity contribution in [1.82, 2.24) is 0 Å². The Hall–Kier alpha value is 0.447. The van der Waals surface area contributed by atoms with Crippen molar-refractivity contribution < 1.29 is 13.3 Å². The highest BCUT2D eigenvalue weighted by atomic mass is 32.1. The van der Waals surface area contributed by atoms with E-state index in [-0.39, 0.29) is 0 Å². The van der Waals surface area contributed by atoms with Crippen molar-refractivity contribution in [3.05, 3.63) is 0 Å². The molecule has 1 saturated carbocycles. The zero-order valence-electron chi connectivity index (χ0n) is 10.4. The summed E-state index contributed by atoms with van der Waals surface area (Å²) in [6.45, 7) is 6.10. The van der Waals surface area contributed by atoms with Gasteiger partial charge in [-0.25, -0.2) is 0 Å². The van der Waals surface area contributed by atoms with Crippen molar-refractivity contribution in [3.8, 4) is 0 Å². The number of hydrogen-bond acceptors (Lipinski definition) is 4. The van der Waals surface area contributed by atoms with E-state index < -0.39 is 9.53 Å². The highest BCUT2D eigenvalue weighted by Gasteiger charge is 2.22. The molecule has 1 rings (SSSR count). The molecule has 3 nitrogen and oxygen atoms in total. The van der Waals surface area contributed by atoms with E-state index in [2.05, 4.69) is 12.6 Å². The summed E-state index contributed by atoms with van der Waals surface area (Å²) in [4.78, 5) is 0. The van der Waals surface area contributed by atoms with Gasteiger partial charge in [0, 0.05) is 25.1 Å². The molecule has 0 bridgehead atoms. The van der Waals surface area contributed by atoms with Crippen LogP contribution in [-0.4, -0.2) is 34.6 Å². The topological polar surface area (TPSA) is 27.7 Å². The Bertz CT molecular complexity index is 172. The number of hydrogen-bond donors (Lipinski definition) is 1. The van der Waals surface area contributed by atoms with E-state index in [1.165, 1.54) is 25.7 Å². The predicted octanol–water partition coefficient (Wildman–Crippen LogP) is 2.28. The Labute approximate surface area is 106 Å². The van der Waals surface area contributed by atoms with Gasteiger partial charge in [-0.1, -0.05) is 6.42 Å². The van der Waals surface area contributed by atoms with Gasteiger partial charge in [0.2, 0.25) is 0 Å². The standard InChI is InChI=1S/C11H24O3SSi/c1-3-12-16(13-4-2)14-9-10-6-5-7-11(15)8-10/h10-11,15-16H,3-9H2,1-2H3. The molecule has 0 aromatic heterocycles. The average molecular weight is 264 g/mol. The Morgan fingerprint density at radius 1 is 1.12 bits per heavy atom. The van der Waals surface area contributed by atoms with Gasteiger partial charge in [-0.15, -0.1) is 0 Å². The van der Waals surface area contributed by atoms with Crippen molar-refractivity contribution in [2.45, 2.75) is 44.8 Å². The van der Waals surface area contributed by atoms with Crippen molar-refractivity contribution in [1.29, 1.82) is 0 Å². The van der Waals surface area contributed by atoms with E-state index in [0.717, 1.165) is 6.61 Å². The summed E-state index contributed by atoms with van der Waals surface area (Å²) in [6, 6.07) is 0. The summed E-state index contributed by atoms with van der Waals surface area (Å²) in [5, 5.41) is 0.557. The third-order valence-electron chi connectivity index (χ3n) is 2.83. The monoisotopic (exact) mass is 264 g/mol. The average Bonchev–Trinajstić information content (AvgIpc) is 2.27. The molecule has 0 heterocycles. The Balaban J connectivity index is 2.19. The smallest absolute Gasteiger partial charge is 0.376 e. The normalized spacial score (nSPS) is 26.2. The molecule has 0 saturated heterocycles. The fraction of sp³-hybridized carbons (Fsp3) is 1.00. The summed E-state index contributed by atoms with van der Waals surface area (Å²) in [5.74, 6) is 0.646. The van der Waals surface area contributed by atoms with E-state index in [4.69, 9.17) is 13.3 Å².